The van der Waals surface area contributed by atoms with E-state index in [-0.39, 0.29) is 5.39 Å². The fourth-order valence-corrected chi connectivity index (χ4v) is 4.19. The van der Waals surface area contributed by atoms with Crippen LogP contribution in [0.2, 0.25) is 0 Å². The summed E-state index contributed by atoms with van der Waals surface area (Å²) in [7, 11) is 0. The molecule has 0 fully saturated rings. The van der Waals surface area contributed by atoms with Gasteiger partial charge in [-0.1, -0.05) is 42.5 Å². The maximum Gasteiger partial charge on any atom is 0.339 e. The van der Waals surface area contributed by atoms with Gasteiger partial charge in [-0.15, -0.1) is 0 Å². The molecule has 0 spiro atoms. The number of rotatable bonds is 4. The van der Waals surface area contributed by atoms with E-state index in [1.54, 1.807) is 18.2 Å². The van der Waals surface area contributed by atoms with Gasteiger partial charge in [0.25, 0.3) is 0 Å². The number of halogens is 5. The topological polar surface area (TPSA) is 63.6 Å². The molecular weight excluding hydrogens is 459 g/mol. The molecule has 5 rings (SSSR count). The van der Waals surface area contributed by atoms with E-state index < -0.39 is 64.3 Å². The number of benzene rings is 5. The van der Waals surface area contributed by atoms with Crippen molar-refractivity contribution in [2.75, 3.05) is 0 Å². The van der Waals surface area contributed by atoms with E-state index in [2.05, 4.69) is 0 Å². The van der Waals surface area contributed by atoms with Gasteiger partial charge in [0.1, 0.15) is 6.61 Å². The second kappa shape index (κ2) is 7.65. The van der Waals surface area contributed by atoms with Crippen molar-refractivity contribution in [1.82, 2.24) is 0 Å². The van der Waals surface area contributed by atoms with Crippen molar-refractivity contribution in [3.8, 4) is 0 Å². The number of hydrogen-bond acceptors (Lipinski definition) is 3. The first-order valence-electron chi connectivity index (χ1n) is 9.82. The number of carboxylic acid groups (broad SMARTS) is 1. The molecule has 170 valence electrons. The predicted molar refractivity (Wildman–Crippen MR) is 112 cm³/mol. The summed E-state index contributed by atoms with van der Waals surface area (Å²) in [4.78, 5) is 24.9. The Kier molecular flexibility index (Phi) is 4.85. The Labute approximate surface area is 187 Å². The molecule has 0 saturated heterocycles. The summed E-state index contributed by atoms with van der Waals surface area (Å²) in [6.45, 7) is -1.30. The summed E-state index contributed by atoms with van der Waals surface area (Å²) in [5.74, 6) is -13.7. The van der Waals surface area contributed by atoms with Crippen molar-refractivity contribution >= 4 is 44.3 Å². The molecule has 0 atom stereocenters. The lowest BCUT2D eigenvalue weighted by molar-refractivity contribution is 0.0456. The van der Waals surface area contributed by atoms with Gasteiger partial charge < -0.3 is 9.84 Å². The van der Waals surface area contributed by atoms with Crippen LogP contribution < -0.4 is 0 Å². The van der Waals surface area contributed by atoms with E-state index in [9.17, 15) is 36.6 Å². The third-order valence-electron chi connectivity index (χ3n) is 5.73. The fourth-order valence-electron chi connectivity index (χ4n) is 4.19. The van der Waals surface area contributed by atoms with Crippen LogP contribution in [0.1, 0.15) is 26.3 Å². The summed E-state index contributed by atoms with van der Waals surface area (Å²) in [5, 5.41) is 13.5. The Bertz CT molecular complexity index is 1620. The van der Waals surface area contributed by atoms with E-state index in [1.165, 1.54) is 12.1 Å². The molecule has 0 bridgehead atoms. The average Bonchev–Trinajstić information content (AvgIpc) is 2.84. The lowest BCUT2D eigenvalue weighted by Crippen LogP contribution is -2.15. The number of carbonyl (C=O) groups excluding carboxylic acids is 1. The number of esters is 1. The lowest BCUT2D eigenvalue weighted by atomic mass is 9.89. The molecule has 5 aromatic carbocycles. The highest BCUT2D eigenvalue weighted by atomic mass is 19.2. The molecule has 0 heterocycles. The number of hydrogen-bond donors (Lipinski definition) is 1. The minimum absolute atomic E-state index is 0.210. The Morgan fingerprint density at radius 3 is 1.91 bits per heavy atom. The highest BCUT2D eigenvalue weighted by Crippen LogP contribution is 2.38. The first-order valence-corrected chi connectivity index (χ1v) is 9.82. The van der Waals surface area contributed by atoms with Crippen LogP contribution in [-0.4, -0.2) is 17.0 Å². The summed E-state index contributed by atoms with van der Waals surface area (Å²) < 4.78 is 73.1. The molecule has 0 radical (unpaired) electrons. The average molecular weight is 470 g/mol. The van der Waals surface area contributed by atoms with Gasteiger partial charge in [0.05, 0.1) is 16.7 Å². The zero-order chi connectivity index (χ0) is 24.3. The van der Waals surface area contributed by atoms with Crippen LogP contribution in [0.3, 0.4) is 0 Å². The normalized spacial score (nSPS) is 11.6. The largest absolute Gasteiger partial charge is 0.478 e. The molecule has 4 nitrogen and oxygen atoms in total. The van der Waals surface area contributed by atoms with E-state index in [0.29, 0.717) is 10.8 Å². The molecule has 0 aliphatic heterocycles. The number of carbonyl (C=O) groups is 2. The van der Waals surface area contributed by atoms with E-state index in [0.717, 1.165) is 16.2 Å². The summed E-state index contributed by atoms with van der Waals surface area (Å²) in [6, 6.07) is 13.5. The van der Waals surface area contributed by atoms with Crippen LogP contribution in [0.5, 0.6) is 0 Å². The van der Waals surface area contributed by atoms with Gasteiger partial charge >= 0.3 is 11.9 Å². The molecule has 0 aliphatic carbocycles. The maximum absolute atomic E-state index is 14.0. The van der Waals surface area contributed by atoms with Crippen LogP contribution in [0.15, 0.2) is 48.5 Å². The highest BCUT2D eigenvalue weighted by Gasteiger charge is 2.28. The molecule has 0 unspecified atom stereocenters. The molecule has 9 heteroatoms. The van der Waals surface area contributed by atoms with E-state index in [1.807, 2.05) is 18.2 Å². The third-order valence-corrected chi connectivity index (χ3v) is 5.73. The Morgan fingerprint density at radius 2 is 1.29 bits per heavy atom. The monoisotopic (exact) mass is 470 g/mol. The second-order valence-corrected chi connectivity index (χ2v) is 7.58. The molecule has 34 heavy (non-hydrogen) atoms. The van der Waals surface area contributed by atoms with Crippen molar-refractivity contribution in [2.24, 2.45) is 0 Å². The van der Waals surface area contributed by atoms with Crippen molar-refractivity contribution in [3.63, 3.8) is 0 Å². The van der Waals surface area contributed by atoms with Gasteiger partial charge in [-0.05, 0) is 38.4 Å². The SMILES string of the molecule is O=C(O)c1cc2ccc3cccc4ccc(c1C(=O)OCc1c(F)c(F)c(F)c(F)c1F)c2c34. The van der Waals surface area contributed by atoms with Gasteiger partial charge in [0.2, 0.25) is 5.82 Å². The van der Waals surface area contributed by atoms with Gasteiger partial charge in [0.15, 0.2) is 23.3 Å². The standard InChI is InChI=1S/C25H11F5O4/c26-19-15(20(27)22(29)23(30)21(19)28)9-34-25(33)18-13-7-6-11-3-1-2-10-4-5-12(17(13)16(10)11)8-14(18)24(31)32/h1-8H,9H2,(H,31,32). The molecule has 1 N–H and O–H groups in total. The minimum atomic E-state index is -2.34. The van der Waals surface area contributed by atoms with Crippen LogP contribution >= 0.6 is 0 Å². The maximum atomic E-state index is 14.0. The Balaban J connectivity index is 1.67. The Hall–Kier alpha value is -4.27. The van der Waals surface area contributed by atoms with Crippen molar-refractivity contribution in [3.05, 3.63) is 94.3 Å². The van der Waals surface area contributed by atoms with Crippen LogP contribution in [-0.2, 0) is 11.3 Å². The van der Waals surface area contributed by atoms with Gasteiger partial charge in [0, 0.05) is 0 Å². The molecular formula is C25H11F5O4. The van der Waals surface area contributed by atoms with Gasteiger partial charge in [-0.3, -0.25) is 0 Å². The minimum Gasteiger partial charge on any atom is -0.478 e. The number of ether oxygens (including phenoxy) is 1. The second-order valence-electron chi connectivity index (χ2n) is 7.58. The van der Waals surface area contributed by atoms with Crippen molar-refractivity contribution < 1.29 is 41.4 Å². The van der Waals surface area contributed by atoms with Crippen molar-refractivity contribution in [2.45, 2.75) is 6.61 Å². The molecule has 0 amide bonds. The quantitative estimate of drug-likeness (QED) is 0.110. The number of carboxylic acids is 1. The van der Waals surface area contributed by atoms with Gasteiger partial charge in [-0.25, -0.2) is 31.5 Å². The first-order chi connectivity index (χ1) is 16.2. The zero-order valence-corrected chi connectivity index (χ0v) is 16.9. The zero-order valence-electron chi connectivity index (χ0n) is 16.9. The van der Waals surface area contributed by atoms with E-state index in [4.69, 9.17) is 4.74 Å². The molecule has 0 aliphatic rings. The van der Waals surface area contributed by atoms with Crippen LogP contribution in [0, 0.1) is 29.1 Å². The fraction of sp³-hybridized carbons (Fsp3) is 0.0400. The van der Waals surface area contributed by atoms with E-state index >= 15 is 0 Å². The smallest absolute Gasteiger partial charge is 0.339 e. The van der Waals surface area contributed by atoms with Crippen LogP contribution in [0.25, 0.3) is 32.3 Å². The highest BCUT2D eigenvalue weighted by molar-refractivity contribution is 6.28. The summed E-state index contributed by atoms with van der Waals surface area (Å²) in [5.41, 5.74) is -2.19. The summed E-state index contributed by atoms with van der Waals surface area (Å²) >= 11 is 0. The number of aromatic carboxylic acids is 1. The van der Waals surface area contributed by atoms with Crippen LogP contribution in [0.4, 0.5) is 22.0 Å². The molecule has 0 aromatic heterocycles. The lowest BCUT2D eigenvalue weighted by Gasteiger charge is -2.16. The predicted octanol–water partition coefficient (Wildman–Crippen LogP) is 6.33. The molecule has 5 aromatic rings. The van der Waals surface area contributed by atoms with Crippen molar-refractivity contribution in [1.29, 1.82) is 0 Å². The summed E-state index contributed by atoms with van der Waals surface area (Å²) in [6.07, 6.45) is 0. The Morgan fingerprint density at radius 1 is 0.735 bits per heavy atom. The van der Waals surface area contributed by atoms with Gasteiger partial charge in [-0.2, -0.15) is 0 Å². The first kappa shape index (κ1) is 21.6. The molecule has 0 saturated carbocycles. The third kappa shape index (κ3) is 3.04.